The van der Waals surface area contributed by atoms with E-state index in [2.05, 4.69) is 9.97 Å². The number of H-pyrrole nitrogens is 1. The van der Waals surface area contributed by atoms with Gasteiger partial charge in [-0.05, 0) is 18.6 Å². The highest BCUT2D eigenvalue weighted by atomic mass is 19.2. The average Bonchev–Trinajstić information content (AvgIpc) is 3.01. The highest BCUT2D eigenvalue weighted by molar-refractivity contribution is 5.70. The van der Waals surface area contributed by atoms with Crippen LogP contribution in [0.4, 0.5) is 8.78 Å². The van der Waals surface area contributed by atoms with Gasteiger partial charge in [0.25, 0.3) is 5.56 Å². The summed E-state index contributed by atoms with van der Waals surface area (Å²) in [5.41, 5.74) is -1.26. The van der Waals surface area contributed by atoms with Crippen molar-refractivity contribution in [3.05, 3.63) is 50.7 Å². The minimum Gasteiger partial charge on any atom is -0.422 e. The number of fused-ring (bicyclic) bond motifs is 1. The zero-order valence-corrected chi connectivity index (χ0v) is 13.1. The van der Waals surface area contributed by atoms with Crippen LogP contribution in [0.2, 0.25) is 0 Å². The van der Waals surface area contributed by atoms with E-state index in [0.29, 0.717) is 0 Å². The topological polar surface area (TPSA) is 102 Å². The normalized spacial score (nSPS) is 11.2. The van der Waals surface area contributed by atoms with Gasteiger partial charge in [0.05, 0.1) is 0 Å². The van der Waals surface area contributed by atoms with Crippen molar-refractivity contribution in [1.82, 2.24) is 19.1 Å². The maximum absolute atomic E-state index is 13.7. The summed E-state index contributed by atoms with van der Waals surface area (Å²) in [5, 5.41) is 8.88. The number of rotatable bonds is 5. The Hall–Kier alpha value is -3.01. The van der Waals surface area contributed by atoms with Gasteiger partial charge in [0.1, 0.15) is 0 Å². The molecule has 25 heavy (non-hydrogen) atoms. The van der Waals surface area contributed by atoms with E-state index >= 15 is 0 Å². The van der Waals surface area contributed by atoms with Crippen LogP contribution in [0.5, 0.6) is 11.8 Å². The molecule has 0 spiro atoms. The van der Waals surface area contributed by atoms with Crippen molar-refractivity contribution in [2.75, 3.05) is 6.61 Å². The number of nitrogens with zero attached hydrogens (tertiary/aromatic N) is 3. The maximum atomic E-state index is 13.7. The van der Waals surface area contributed by atoms with E-state index in [0.717, 1.165) is 15.2 Å². The number of aromatic nitrogens is 4. The van der Waals surface area contributed by atoms with Gasteiger partial charge in [0.2, 0.25) is 5.82 Å². The smallest absolute Gasteiger partial charge is 0.332 e. The molecule has 8 nitrogen and oxygen atoms in total. The van der Waals surface area contributed by atoms with Crippen LogP contribution in [0, 0.1) is 11.6 Å². The van der Waals surface area contributed by atoms with Gasteiger partial charge in [-0.25, -0.2) is 9.18 Å². The number of imidazole rings is 1. The van der Waals surface area contributed by atoms with Crippen LogP contribution in [-0.4, -0.2) is 30.8 Å². The minimum atomic E-state index is -1.20. The molecule has 0 saturated carbocycles. The van der Waals surface area contributed by atoms with Crippen LogP contribution in [0.1, 0.15) is 6.42 Å². The van der Waals surface area contributed by atoms with E-state index in [1.54, 1.807) is 0 Å². The number of nitrogens with one attached hydrogen (secondary N) is 1. The second kappa shape index (κ2) is 6.48. The van der Waals surface area contributed by atoms with Crippen molar-refractivity contribution in [3.8, 4) is 11.8 Å². The molecule has 0 bridgehead atoms. The number of halogens is 2. The molecule has 0 amide bonds. The fourth-order valence-corrected chi connectivity index (χ4v) is 2.37. The Morgan fingerprint density at radius 3 is 2.80 bits per heavy atom. The summed E-state index contributed by atoms with van der Waals surface area (Å²) in [6.45, 7) is -0.143. The molecule has 10 heteroatoms. The summed E-state index contributed by atoms with van der Waals surface area (Å²) in [6.07, 6.45) is 0.229. The Morgan fingerprint density at radius 1 is 1.32 bits per heavy atom. The van der Waals surface area contributed by atoms with Gasteiger partial charge in [-0.15, -0.1) is 0 Å². The van der Waals surface area contributed by atoms with Gasteiger partial charge in [-0.2, -0.15) is 9.37 Å². The van der Waals surface area contributed by atoms with E-state index in [-0.39, 0.29) is 36.7 Å². The standard InChI is InChI=1S/C15H14F2N4O4/c1-20-12-11(13(23)21(15(20)24)6-3-7-22)18-14(19-12)25-9-5-2-4-8(16)10(9)17/h2,4-5,22H,3,6-7H2,1H3,(H,18,19). The van der Waals surface area contributed by atoms with Crippen molar-refractivity contribution in [2.45, 2.75) is 13.0 Å². The molecule has 0 saturated heterocycles. The molecule has 3 rings (SSSR count). The predicted molar refractivity (Wildman–Crippen MR) is 83.7 cm³/mol. The third-order valence-electron chi connectivity index (χ3n) is 3.62. The first-order valence-corrected chi connectivity index (χ1v) is 7.36. The maximum Gasteiger partial charge on any atom is 0.332 e. The van der Waals surface area contributed by atoms with E-state index in [4.69, 9.17) is 9.84 Å². The molecule has 2 N–H and O–H groups in total. The molecule has 2 aromatic heterocycles. The number of aromatic amines is 1. The Kier molecular flexibility index (Phi) is 4.36. The molecule has 0 aliphatic carbocycles. The summed E-state index contributed by atoms with van der Waals surface area (Å²) < 4.78 is 34.1. The van der Waals surface area contributed by atoms with E-state index < -0.39 is 28.6 Å². The number of ether oxygens (including phenoxy) is 1. The Labute approximate surface area is 138 Å². The zero-order chi connectivity index (χ0) is 18.1. The number of benzene rings is 1. The summed E-state index contributed by atoms with van der Waals surface area (Å²) in [7, 11) is 1.41. The molecule has 132 valence electrons. The van der Waals surface area contributed by atoms with Crippen LogP contribution in [0.3, 0.4) is 0 Å². The van der Waals surface area contributed by atoms with Gasteiger partial charge < -0.3 is 14.8 Å². The molecule has 0 radical (unpaired) electrons. The quantitative estimate of drug-likeness (QED) is 0.710. The number of aryl methyl sites for hydroxylation is 1. The Balaban J connectivity index is 2.10. The molecule has 0 fully saturated rings. The van der Waals surface area contributed by atoms with Gasteiger partial charge in [0, 0.05) is 20.2 Å². The van der Waals surface area contributed by atoms with Gasteiger partial charge in [-0.1, -0.05) is 6.07 Å². The van der Waals surface area contributed by atoms with E-state index in [9.17, 15) is 18.4 Å². The highest BCUT2D eigenvalue weighted by Gasteiger charge is 2.17. The second-order valence-corrected chi connectivity index (χ2v) is 5.27. The van der Waals surface area contributed by atoms with Crippen LogP contribution in [-0.2, 0) is 13.6 Å². The lowest BCUT2D eigenvalue weighted by Crippen LogP contribution is -2.39. The van der Waals surface area contributed by atoms with Crippen LogP contribution in [0.15, 0.2) is 27.8 Å². The van der Waals surface area contributed by atoms with Crippen LogP contribution in [0.25, 0.3) is 11.2 Å². The molecule has 0 aliphatic heterocycles. The Bertz CT molecular complexity index is 1050. The van der Waals surface area contributed by atoms with Crippen LogP contribution >= 0.6 is 0 Å². The monoisotopic (exact) mass is 352 g/mol. The molecular weight excluding hydrogens is 338 g/mol. The lowest BCUT2D eigenvalue weighted by atomic mass is 10.3. The number of hydrogen-bond donors (Lipinski definition) is 2. The van der Waals surface area contributed by atoms with Crippen molar-refractivity contribution in [2.24, 2.45) is 7.05 Å². The summed E-state index contributed by atoms with van der Waals surface area (Å²) in [4.78, 5) is 31.1. The van der Waals surface area contributed by atoms with Crippen LogP contribution < -0.4 is 16.0 Å². The average molecular weight is 352 g/mol. The summed E-state index contributed by atoms with van der Waals surface area (Å²) >= 11 is 0. The third kappa shape index (κ3) is 2.91. The molecule has 3 aromatic rings. The van der Waals surface area contributed by atoms with Gasteiger partial charge >= 0.3 is 11.7 Å². The second-order valence-electron chi connectivity index (χ2n) is 5.27. The summed E-state index contributed by atoms with van der Waals surface area (Å²) in [5.74, 6) is -2.70. The minimum absolute atomic E-state index is 0.0158. The highest BCUT2D eigenvalue weighted by Crippen LogP contribution is 2.24. The van der Waals surface area contributed by atoms with E-state index in [1.807, 2.05) is 0 Å². The largest absolute Gasteiger partial charge is 0.422 e. The van der Waals surface area contributed by atoms with Crippen molar-refractivity contribution in [3.63, 3.8) is 0 Å². The number of hydrogen-bond acceptors (Lipinski definition) is 5. The Morgan fingerprint density at radius 2 is 2.08 bits per heavy atom. The van der Waals surface area contributed by atoms with Crippen molar-refractivity contribution < 1.29 is 18.6 Å². The van der Waals surface area contributed by atoms with Crippen molar-refractivity contribution in [1.29, 1.82) is 0 Å². The molecule has 0 unspecified atom stereocenters. The first-order chi connectivity index (χ1) is 11.9. The molecular formula is C15H14F2N4O4. The molecule has 1 aromatic carbocycles. The SMILES string of the molecule is Cn1c(=O)n(CCCO)c(=O)c2[nH]c(Oc3cccc(F)c3F)nc21. The fourth-order valence-electron chi connectivity index (χ4n) is 2.37. The number of aliphatic hydroxyl groups excluding tert-OH is 1. The summed E-state index contributed by atoms with van der Waals surface area (Å²) in [6, 6.07) is 3.13. The van der Waals surface area contributed by atoms with E-state index in [1.165, 1.54) is 19.2 Å². The molecule has 2 heterocycles. The lowest BCUT2D eigenvalue weighted by Gasteiger charge is -2.06. The first kappa shape index (κ1) is 16.8. The molecule has 0 atom stereocenters. The predicted octanol–water partition coefficient (Wildman–Crippen LogP) is 0.876. The lowest BCUT2D eigenvalue weighted by molar-refractivity contribution is 0.277. The van der Waals surface area contributed by atoms with Gasteiger partial charge in [-0.3, -0.25) is 13.9 Å². The molecule has 0 aliphatic rings. The zero-order valence-electron chi connectivity index (χ0n) is 13.1. The fraction of sp³-hybridized carbons (Fsp3) is 0.267. The third-order valence-corrected chi connectivity index (χ3v) is 3.62. The number of aliphatic hydroxyl groups is 1. The van der Waals surface area contributed by atoms with Crippen molar-refractivity contribution >= 4 is 11.2 Å². The first-order valence-electron chi connectivity index (χ1n) is 7.36. The van der Waals surface area contributed by atoms with Gasteiger partial charge in [0.15, 0.2) is 22.7 Å².